The van der Waals surface area contributed by atoms with Crippen LogP contribution in [0.2, 0.25) is 0 Å². The van der Waals surface area contributed by atoms with E-state index in [0.29, 0.717) is 6.61 Å². The minimum Gasteiger partial charge on any atom is -0.254 e. The number of hydrazine groups is 1. The van der Waals surface area contributed by atoms with E-state index in [1.165, 1.54) is 10.7 Å². The molecular weight excluding hydrogens is 104 g/mol. The van der Waals surface area contributed by atoms with Crippen molar-refractivity contribution in [2.45, 2.75) is 13.8 Å². The van der Waals surface area contributed by atoms with Gasteiger partial charge < -0.3 is 0 Å². The van der Waals surface area contributed by atoms with E-state index in [4.69, 9.17) is 10.7 Å². The third kappa shape index (κ3) is 0.700. The summed E-state index contributed by atoms with van der Waals surface area (Å²) in [6, 6.07) is 0. The van der Waals surface area contributed by atoms with E-state index in [1.54, 1.807) is 0 Å². The molecule has 3 heteroatoms. The van der Waals surface area contributed by atoms with Crippen molar-refractivity contribution in [3.05, 3.63) is 11.3 Å². The maximum Gasteiger partial charge on any atom is 0.0995 e. The first-order chi connectivity index (χ1) is 3.72. The Labute approximate surface area is 48.6 Å². The van der Waals surface area contributed by atoms with Gasteiger partial charge in [-0.2, -0.15) is 5.17 Å². The van der Waals surface area contributed by atoms with Gasteiger partial charge in [-0.15, -0.1) is 0 Å². The Kier molecular flexibility index (Phi) is 1.23. The molecule has 3 nitrogen and oxygen atoms in total. The molecule has 0 saturated carbocycles. The summed E-state index contributed by atoms with van der Waals surface area (Å²) in [7, 11) is 0. The molecule has 1 aliphatic heterocycles. The molecule has 0 aliphatic carbocycles. The summed E-state index contributed by atoms with van der Waals surface area (Å²) < 4.78 is 0. The Hall–Kier alpha value is -0.540. The standard InChI is InChI=1S/C5H10N2O/c1-4-3-8-7(6)5(4)2/h3,6H2,1-2H3. The van der Waals surface area contributed by atoms with Crippen molar-refractivity contribution in [1.29, 1.82) is 0 Å². The molecule has 0 radical (unpaired) electrons. The second-order valence-electron chi connectivity index (χ2n) is 1.96. The average molecular weight is 114 g/mol. The summed E-state index contributed by atoms with van der Waals surface area (Å²) in [6.45, 7) is 4.58. The van der Waals surface area contributed by atoms with E-state index in [0.717, 1.165) is 5.70 Å². The number of hydrogen-bond donors (Lipinski definition) is 1. The molecule has 0 amide bonds. The zero-order chi connectivity index (χ0) is 6.15. The highest BCUT2D eigenvalue weighted by Crippen LogP contribution is 2.13. The van der Waals surface area contributed by atoms with Crippen LogP contribution < -0.4 is 5.84 Å². The van der Waals surface area contributed by atoms with Gasteiger partial charge in [0.2, 0.25) is 0 Å². The summed E-state index contributed by atoms with van der Waals surface area (Å²) in [6.07, 6.45) is 0. The Morgan fingerprint density at radius 3 is 2.38 bits per heavy atom. The van der Waals surface area contributed by atoms with Gasteiger partial charge in [0, 0.05) is 0 Å². The number of hydrogen-bond acceptors (Lipinski definition) is 3. The quantitative estimate of drug-likeness (QED) is 0.463. The lowest BCUT2D eigenvalue weighted by Gasteiger charge is -2.08. The Morgan fingerprint density at radius 1 is 1.62 bits per heavy atom. The van der Waals surface area contributed by atoms with Gasteiger partial charge in [-0.3, -0.25) is 4.84 Å². The lowest BCUT2D eigenvalue weighted by atomic mass is 10.3. The molecule has 0 aromatic heterocycles. The summed E-state index contributed by atoms with van der Waals surface area (Å²) >= 11 is 0. The van der Waals surface area contributed by atoms with Gasteiger partial charge in [-0.1, -0.05) is 0 Å². The molecule has 0 aromatic rings. The predicted molar refractivity (Wildman–Crippen MR) is 30.4 cm³/mol. The van der Waals surface area contributed by atoms with E-state index in [-0.39, 0.29) is 0 Å². The minimum atomic E-state index is 0.641. The first-order valence-corrected chi connectivity index (χ1v) is 2.56. The van der Waals surface area contributed by atoms with Gasteiger partial charge in [0.15, 0.2) is 0 Å². The van der Waals surface area contributed by atoms with Gasteiger partial charge in [0.1, 0.15) is 0 Å². The molecule has 0 bridgehead atoms. The predicted octanol–water partition coefficient (Wildman–Crippen LogP) is 0.401. The van der Waals surface area contributed by atoms with Crippen LogP contribution in [-0.2, 0) is 4.84 Å². The molecule has 2 N–H and O–H groups in total. The van der Waals surface area contributed by atoms with Gasteiger partial charge in [0.05, 0.1) is 12.3 Å². The zero-order valence-electron chi connectivity index (χ0n) is 5.14. The third-order valence-corrected chi connectivity index (χ3v) is 1.37. The highest BCUT2D eigenvalue weighted by molar-refractivity contribution is 5.09. The van der Waals surface area contributed by atoms with Gasteiger partial charge in [-0.05, 0) is 19.4 Å². The van der Waals surface area contributed by atoms with E-state index >= 15 is 0 Å². The maximum absolute atomic E-state index is 5.32. The number of hydroxylamine groups is 1. The molecule has 1 rings (SSSR count). The topological polar surface area (TPSA) is 38.5 Å². The van der Waals surface area contributed by atoms with Crippen LogP contribution in [0.4, 0.5) is 0 Å². The molecule has 0 saturated heterocycles. The molecule has 0 atom stereocenters. The van der Waals surface area contributed by atoms with Crippen molar-refractivity contribution in [2.75, 3.05) is 6.61 Å². The number of nitrogens with zero attached hydrogens (tertiary/aromatic N) is 1. The summed E-state index contributed by atoms with van der Waals surface area (Å²) in [5, 5.41) is 1.30. The van der Waals surface area contributed by atoms with E-state index < -0.39 is 0 Å². The number of nitrogens with two attached hydrogens (primary N) is 1. The number of rotatable bonds is 0. The van der Waals surface area contributed by atoms with Crippen molar-refractivity contribution in [1.82, 2.24) is 5.17 Å². The van der Waals surface area contributed by atoms with E-state index in [2.05, 4.69) is 0 Å². The fourth-order valence-electron chi connectivity index (χ4n) is 0.556. The monoisotopic (exact) mass is 114 g/mol. The van der Waals surface area contributed by atoms with Crippen LogP contribution in [0.25, 0.3) is 0 Å². The molecule has 46 valence electrons. The second-order valence-corrected chi connectivity index (χ2v) is 1.96. The van der Waals surface area contributed by atoms with Gasteiger partial charge >= 0.3 is 0 Å². The Morgan fingerprint density at radius 2 is 2.25 bits per heavy atom. The summed E-state index contributed by atoms with van der Waals surface area (Å²) in [5.41, 5.74) is 2.22. The molecule has 0 unspecified atom stereocenters. The van der Waals surface area contributed by atoms with E-state index in [9.17, 15) is 0 Å². The van der Waals surface area contributed by atoms with Gasteiger partial charge in [0.25, 0.3) is 0 Å². The Balaban J connectivity index is 2.71. The molecule has 0 fully saturated rings. The second kappa shape index (κ2) is 1.76. The zero-order valence-corrected chi connectivity index (χ0v) is 5.14. The van der Waals surface area contributed by atoms with Crippen molar-refractivity contribution in [2.24, 2.45) is 5.84 Å². The molecular formula is C5H10N2O. The number of allylic oxidation sites excluding steroid dienone is 1. The van der Waals surface area contributed by atoms with Crippen LogP contribution in [0.3, 0.4) is 0 Å². The maximum atomic E-state index is 5.32. The first-order valence-electron chi connectivity index (χ1n) is 2.56. The fraction of sp³-hybridized carbons (Fsp3) is 0.600. The summed E-state index contributed by atoms with van der Waals surface area (Å²) in [5.74, 6) is 5.32. The minimum absolute atomic E-state index is 0.641. The van der Waals surface area contributed by atoms with E-state index in [1.807, 2.05) is 13.8 Å². The highest BCUT2D eigenvalue weighted by Gasteiger charge is 2.11. The molecule has 0 aromatic carbocycles. The molecule has 1 heterocycles. The van der Waals surface area contributed by atoms with Crippen molar-refractivity contribution in [3.63, 3.8) is 0 Å². The SMILES string of the molecule is CC1=C(C)N(N)OC1. The summed E-state index contributed by atoms with van der Waals surface area (Å²) in [4.78, 5) is 4.91. The average Bonchev–Trinajstić information content (AvgIpc) is 1.98. The van der Waals surface area contributed by atoms with Crippen LogP contribution in [0.5, 0.6) is 0 Å². The fourth-order valence-corrected chi connectivity index (χ4v) is 0.556. The lowest BCUT2D eigenvalue weighted by molar-refractivity contribution is -0.102. The first kappa shape index (κ1) is 5.59. The van der Waals surface area contributed by atoms with Gasteiger partial charge in [-0.25, -0.2) is 5.84 Å². The van der Waals surface area contributed by atoms with Crippen molar-refractivity contribution in [3.8, 4) is 0 Å². The highest BCUT2D eigenvalue weighted by atomic mass is 16.7. The van der Waals surface area contributed by atoms with Crippen molar-refractivity contribution < 1.29 is 4.84 Å². The van der Waals surface area contributed by atoms with Crippen LogP contribution >= 0.6 is 0 Å². The normalized spacial score (nSPS) is 20.6. The van der Waals surface area contributed by atoms with Crippen LogP contribution in [-0.4, -0.2) is 11.8 Å². The Bertz CT molecular complexity index is 130. The smallest absolute Gasteiger partial charge is 0.0995 e. The third-order valence-electron chi connectivity index (χ3n) is 1.37. The van der Waals surface area contributed by atoms with Crippen LogP contribution in [0.1, 0.15) is 13.8 Å². The molecule has 0 spiro atoms. The van der Waals surface area contributed by atoms with Crippen LogP contribution in [0, 0.1) is 0 Å². The largest absolute Gasteiger partial charge is 0.254 e. The molecule has 1 aliphatic rings. The molecule has 8 heavy (non-hydrogen) atoms. The van der Waals surface area contributed by atoms with Crippen LogP contribution in [0.15, 0.2) is 11.3 Å². The lowest BCUT2D eigenvalue weighted by Crippen LogP contribution is -2.24. The van der Waals surface area contributed by atoms with Crippen molar-refractivity contribution >= 4 is 0 Å².